The fraction of sp³-hybridized carbons (Fsp3) is 0.278. The van der Waals surface area contributed by atoms with E-state index in [2.05, 4.69) is 15.3 Å². The van der Waals surface area contributed by atoms with E-state index in [1.165, 1.54) is 11.3 Å². The third kappa shape index (κ3) is 3.34. The second-order valence-electron chi connectivity index (χ2n) is 6.38. The van der Waals surface area contributed by atoms with Gasteiger partial charge in [0.1, 0.15) is 15.5 Å². The minimum atomic E-state index is -4.48. The smallest absolute Gasteiger partial charge is 0.397 e. The molecule has 3 N–H and O–H groups in total. The summed E-state index contributed by atoms with van der Waals surface area (Å²) in [5.41, 5.74) is 7.81. The molecular formula is C18H15F3N4OS. The highest BCUT2D eigenvalue weighted by Crippen LogP contribution is 2.36. The Kier molecular flexibility index (Phi) is 4.26. The van der Waals surface area contributed by atoms with Crippen molar-refractivity contribution in [2.75, 3.05) is 11.1 Å². The standard InChI is InChI=1S/C18H15F3N4OS/c19-18(20,21)10-5-6-13(23-8-10)25-16(26)15-14(22)11-7-9-3-1-2-4-12(9)24-17(11)27-15/h5-8H,1-4,22H2,(H,23,25,26). The average Bonchev–Trinajstić information content (AvgIpc) is 2.96. The molecule has 1 amide bonds. The van der Waals surface area contributed by atoms with Gasteiger partial charge in [-0.2, -0.15) is 13.2 Å². The molecule has 27 heavy (non-hydrogen) atoms. The SMILES string of the molecule is Nc1c(C(=O)Nc2ccc(C(F)(F)F)cn2)sc2nc3c(cc12)CCCC3. The second-order valence-corrected chi connectivity index (χ2v) is 7.38. The van der Waals surface area contributed by atoms with Gasteiger partial charge in [0.25, 0.3) is 5.91 Å². The van der Waals surface area contributed by atoms with Crippen molar-refractivity contribution in [3.05, 3.63) is 46.1 Å². The molecule has 0 saturated heterocycles. The van der Waals surface area contributed by atoms with Crippen LogP contribution in [0.2, 0.25) is 0 Å². The molecule has 0 unspecified atom stereocenters. The maximum absolute atomic E-state index is 12.6. The van der Waals surface area contributed by atoms with E-state index in [-0.39, 0.29) is 10.7 Å². The molecule has 3 aromatic heterocycles. The quantitative estimate of drug-likeness (QED) is 0.676. The molecule has 0 aliphatic heterocycles. The number of anilines is 2. The fourth-order valence-corrected chi connectivity index (χ4v) is 4.13. The number of carbonyl (C=O) groups excluding carboxylic acids is 1. The van der Waals surface area contributed by atoms with E-state index < -0.39 is 17.6 Å². The lowest BCUT2D eigenvalue weighted by atomic mass is 9.95. The van der Waals surface area contributed by atoms with Gasteiger partial charge in [-0.05, 0) is 49.4 Å². The Morgan fingerprint density at radius 1 is 1.22 bits per heavy atom. The number of thiophene rings is 1. The first-order valence-corrected chi connectivity index (χ1v) is 9.20. The molecule has 0 radical (unpaired) electrons. The van der Waals surface area contributed by atoms with Crippen LogP contribution in [0.5, 0.6) is 0 Å². The van der Waals surface area contributed by atoms with Gasteiger partial charge in [0.2, 0.25) is 0 Å². The topological polar surface area (TPSA) is 80.9 Å². The van der Waals surface area contributed by atoms with Gasteiger partial charge < -0.3 is 11.1 Å². The van der Waals surface area contributed by atoms with Gasteiger partial charge >= 0.3 is 6.18 Å². The van der Waals surface area contributed by atoms with Crippen LogP contribution in [0, 0.1) is 0 Å². The number of carbonyl (C=O) groups is 1. The Morgan fingerprint density at radius 3 is 2.70 bits per heavy atom. The van der Waals surface area contributed by atoms with Crippen molar-refractivity contribution in [1.82, 2.24) is 9.97 Å². The summed E-state index contributed by atoms with van der Waals surface area (Å²) < 4.78 is 37.8. The lowest BCUT2D eigenvalue weighted by Gasteiger charge is -2.14. The van der Waals surface area contributed by atoms with Crippen molar-refractivity contribution in [3.8, 4) is 0 Å². The van der Waals surface area contributed by atoms with Crippen LogP contribution in [0.3, 0.4) is 0 Å². The molecule has 1 aliphatic rings. The van der Waals surface area contributed by atoms with Gasteiger partial charge in [0.15, 0.2) is 0 Å². The molecule has 0 saturated carbocycles. The molecule has 0 spiro atoms. The zero-order valence-electron chi connectivity index (χ0n) is 14.1. The minimum Gasteiger partial charge on any atom is -0.397 e. The maximum atomic E-state index is 12.6. The van der Waals surface area contributed by atoms with Gasteiger partial charge in [0.05, 0.1) is 11.3 Å². The van der Waals surface area contributed by atoms with Crippen LogP contribution in [-0.2, 0) is 19.0 Å². The van der Waals surface area contributed by atoms with Crippen LogP contribution in [0.15, 0.2) is 24.4 Å². The summed E-state index contributed by atoms with van der Waals surface area (Å²) in [6.45, 7) is 0. The molecule has 0 fully saturated rings. The lowest BCUT2D eigenvalue weighted by Crippen LogP contribution is -2.13. The summed E-state index contributed by atoms with van der Waals surface area (Å²) in [5, 5.41) is 3.24. The maximum Gasteiger partial charge on any atom is 0.417 e. The second kappa shape index (κ2) is 6.49. The number of halogens is 3. The number of fused-ring (bicyclic) bond motifs is 2. The van der Waals surface area contributed by atoms with Crippen LogP contribution in [0.4, 0.5) is 24.7 Å². The largest absolute Gasteiger partial charge is 0.417 e. The molecule has 4 rings (SSSR count). The highest BCUT2D eigenvalue weighted by Gasteiger charge is 2.30. The third-order valence-corrected chi connectivity index (χ3v) is 5.65. The van der Waals surface area contributed by atoms with E-state index in [1.807, 2.05) is 6.07 Å². The van der Waals surface area contributed by atoms with Gasteiger partial charge in [-0.15, -0.1) is 11.3 Å². The molecule has 0 aromatic carbocycles. The molecular weight excluding hydrogens is 377 g/mol. The lowest BCUT2D eigenvalue weighted by molar-refractivity contribution is -0.137. The number of nitrogens with zero attached hydrogens (tertiary/aromatic N) is 2. The van der Waals surface area contributed by atoms with Crippen LogP contribution >= 0.6 is 11.3 Å². The van der Waals surface area contributed by atoms with Crippen molar-refractivity contribution < 1.29 is 18.0 Å². The van der Waals surface area contributed by atoms with E-state index >= 15 is 0 Å². The van der Waals surface area contributed by atoms with Gasteiger partial charge in [-0.1, -0.05) is 0 Å². The summed E-state index contributed by atoms with van der Waals surface area (Å²) in [5.74, 6) is -0.488. The highest BCUT2D eigenvalue weighted by molar-refractivity contribution is 7.21. The zero-order chi connectivity index (χ0) is 19.2. The number of hydrogen-bond acceptors (Lipinski definition) is 5. The van der Waals surface area contributed by atoms with E-state index in [0.717, 1.165) is 54.5 Å². The summed E-state index contributed by atoms with van der Waals surface area (Å²) in [4.78, 5) is 21.8. The number of aryl methyl sites for hydroxylation is 2. The highest BCUT2D eigenvalue weighted by atomic mass is 32.1. The minimum absolute atomic E-state index is 0.0251. The van der Waals surface area contributed by atoms with Crippen molar-refractivity contribution in [1.29, 1.82) is 0 Å². The van der Waals surface area contributed by atoms with Crippen molar-refractivity contribution >= 4 is 39.0 Å². The number of rotatable bonds is 2. The predicted molar refractivity (Wildman–Crippen MR) is 97.9 cm³/mol. The van der Waals surface area contributed by atoms with Gasteiger partial charge in [0, 0.05) is 17.3 Å². The molecule has 3 heterocycles. The Morgan fingerprint density at radius 2 is 2.00 bits per heavy atom. The Labute approximate surface area is 156 Å². The Balaban J connectivity index is 1.62. The van der Waals surface area contributed by atoms with Crippen LogP contribution in [0.25, 0.3) is 10.2 Å². The number of nitrogen functional groups attached to an aromatic ring is 1. The van der Waals surface area contributed by atoms with Crippen molar-refractivity contribution in [3.63, 3.8) is 0 Å². The molecule has 3 aromatic rings. The number of hydrogen-bond donors (Lipinski definition) is 2. The summed E-state index contributed by atoms with van der Waals surface area (Å²) >= 11 is 1.18. The summed E-state index contributed by atoms with van der Waals surface area (Å²) in [7, 11) is 0. The summed E-state index contributed by atoms with van der Waals surface area (Å²) in [6, 6.07) is 3.98. The number of nitrogens with one attached hydrogen (secondary N) is 1. The van der Waals surface area contributed by atoms with Crippen molar-refractivity contribution in [2.45, 2.75) is 31.9 Å². The molecule has 5 nitrogen and oxygen atoms in total. The number of pyridine rings is 2. The van der Waals surface area contributed by atoms with E-state index in [0.29, 0.717) is 16.7 Å². The van der Waals surface area contributed by atoms with Crippen LogP contribution in [0.1, 0.15) is 39.3 Å². The molecule has 1 aliphatic carbocycles. The monoisotopic (exact) mass is 392 g/mol. The van der Waals surface area contributed by atoms with Gasteiger partial charge in [-0.3, -0.25) is 4.79 Å². The molecule has 140 valence electrons. The first-order valence-electron chi connectivity index (χ1n) is 8.38. The first kappa shape index (κ1) is 17.7. The Bertz CT molecular complexity index is 1030. The van der Waals surface area contributed by atoms with E-state index in [9.17, 15) is 18.0 Å². The normalized spacial score (nSPS) is 14.2. The number of amides is 1. The Hall–Kier alpha value is -2.68. The zero-order valence-corrected chi connectivity index (χ0v) is 14.9. The average molecular weight is 392 g/mol. The van der Waals surface area contributed by atoms with E-state index in [1.54, 1.807) is 0 Å². The van der Waals surface area contributed by atoms with Gasteiger partial charge in [-0.25, -0.2) is 9.97 Å². The van der Waals surface area contributed by atoms with Crippen molar-refractivity contribution in [2.24, 2.45) is 0 Å². The number of alkyl halides is 3. The number of nitrogens with two attached hydrogens (primary N) is 1. The number of aromatic nitrogens is 2. The van der Waals surface area contributed by atoms with Crippen LogP contribution < -0.4 is 11.1 Å². The first-order chi connectivity index (χ1) is 12.8. The molecule has 0 bridgehead atoms. The molecule has 0 atom stereocenters. The van der Waals surface area contributed by atoms with E-state index in [4.69, 9.17) is 5.73 Å². The summed E-state index contributed by atoms with van der Waals surface area (Å²) in [6.07, 6.45) is 0.275. The fourth-order valence-electron chi connectivity index (χ4n) is 3.14. The molecule has 9 heteroatoms. The van der Waals surface area contributed by atoms with Crippen LogP contribution in [-0.4, -0.2) is 15.9 Å². The third-order valence-electron chi connectivity index (χ3n) is 4.54. The predicted octanol–water partition coefficient (Wildman–Crippen LogP) is 4.42.